The fourth-order valence-electron chi connectivity index (χ4n) is 5.34. The Hall–Kier alpha value is -2.66. The molecule has 3 atom stereocenters. The van der Waals surface area contributed by atoms with E-state index in [-0.39, 0.29) is 47.6 Å². The number of halogens is 2. The summed E-state index contributed by atoms with van der Waals surface area (Å²) >= 11 is 7.52. The zero-order chi connectivity index (χ0) is 27.2. The van der Waals surface area contributed by atoms with Gasteiger partial charge in [-0.3, -0.25) is 14.4 Å². The van der Waals surface area contributed by atoms with E-state index in [2.05, 4.69) is 39.8 Å². The fourth-order valence-corrected chi connectivity index (χ4v) is 6.73. The Morgan fingerprint density at radius 3 is 2.59 bits per heavy atom. The second-order valence-electron chi connectivity index (χ2n) is 11.1. The molecule has 0 unspecified atom stereocenters. The number of carbonyl (C=O) groups excluding carboxylic acids is 3. The normalized spacial score (nSPS) is 21.9. The zero-order valence-electron chi connectivity index (χ0n) is 22.4. The number of nitrogens with zero attached hydrogens (tertiary/aromatic N) is 2. The minimum atomic E-state index is -0.414. The number of hydrogen-bond acceptors (Lipinski definition) is 6. The van der Waals surface area contributed by atoms with Gasteiger partial charge in [-0.15, -0.1) is 23.7 Å². The third-order valence-corrected chi connectivity index (χ3v) is 8.74. The van der Waals surface area contributed by atoms with Crippen molar-refractivity contribution >= 4 is 64.0 Å². The number of hydrogen-bond donors (Lipinski definition) is 4. The summed E-state index contributed by atoms with van der Waals surface area (Å²) in [6.07, 6.45) is 2.45. The Balaban J connectivity index is 0.00000353. The van der Waals surface area contributed by atoms with Crippen LogP contribution in [0.2, 0.25) is 5.02 Å². The van der Waals surface area contributed by atoms with Gasteiger partial charge in [0, 0.05) is 65.4 Å². The van der Waals surface area contributed by atoms with Crippen LogP contribution in [0.15, 0.2) is 24.3 Å². The van der Waals surface area contributed by atoms with Crippen molar-refractivity contribution in [2.24, 2.45) is 5.92 Å². The van der Waals surface area contributed by atoms with E-state index in [1.807, 2.05) is 6.07 Å². The third-order valence-electron chi connectivity index (χ3n) is 7.41. The minimum absolute atomic E-state index is 0. The minimum Gasteiger partial charge on any atom is -0.351 e. The van der Waals surface area contributed by atoms with Crippen LogP contribution in [0.1, 0.15) is 64.0 Å². The number of benzene rings is 1. The van der Waals surface area contributed by atoms with Gasteiger partial charge in [0.1, 0.15) is 5.69 Å². The fraction of sp³-hybridized carbons (Fsp3) is 0.481. The van der Waals surface area contributed by atoms with E-state index >= 15 is 0 Å². The lowest BCUT2D eigenvalue weighted by molar-refractivity contribution is -0.134. The van der Waals surface area contributed by atoms with Crippen LogP contribution in [0.4, 0.5) is 0 Å². The number of aromatic amines is 1. The second-order valence-corrected chi connectivity index (χ2v) is 12.6. The molecule has 1 fully saturated rings. The monoisotopic (exact) mass is 592 g/mol. The van der Waals surface area contributed by atoms with Crippen LogP contribution in [0, 0.1) is 5.92 Å². The smallest absolute Gasteiger partial charge is 0.280 e. The van der Waals surface area contributed by atoms with E-state index in [4.69, 9.17) is 11.6 Å². The number of carbonyl (C=O) groups is 3. The zero-order valence-corrected chi connectivity index (χ0v) is 24.8. The molecule has 0 radical (unpaired) electrons. The summed E-state index contributed by atoms with van der Waals surface area (Å²) in [5, 5.41) is 11.5. The van der Waals surface area contributed by atoms with Gasteiger partial charge in [0.25, 0.3) is 11.8 Å². The summed E-state index contributed by atoms with van der Waals surface area (Å²) < 4.78 is 0. The molecule has 3 aromatic rings. The first-order chi connectivity index (χ1) is 18.0. The molecule has 0 saturated heterocycles. The number of H-pyrrole nitrogens is 1. The lowest BCUT2D eigenvalue weighted by Crippen LogP contribution is -2.56. The molecule has 3 heterocycles. The van der Waals surface area contributed by atoms with Gasteiger partial charge in [0.2, 0.25) is 5.91 Å². The van der Waals surface area contributed by atoms with Crippen molar-refractivity contribution in [3.8, 4) is 0 Å². The molecular weight excluding hydrogens is 559 g/mol. The standard InChI is InChI=1S/C27H33ClN6O3S.ClH/c1-27(2)12-22-21(13-29-27)33-25(38-22)24(36)32-19-10-14(26(37)34(3)4)5-7-18(19)31-23(35)20-11-15-9-16(28)6-8-17(15)30-20;/h6,8-9,11,14,18-19,29-30H,5,7,10,12-13H2,1-4H3,(H,31,35)(H,32,36);1H/t14-,18-,19+;/m0./s1. The van der Waals surface area contributed by atoms with Crippen LogP contribution in [0.3, 0.4) is 0 Å². The van der Waals surface area contributed by atoms with Gasteiger partial charge < -0.3 is 25.8 Å². The summed E-state index contributed by atoms with van der Waals surface area (Å²) in [6, 6.07) is 6.42. The molecule has 4 N–H and O–H groups in total. The molecule has 5 rings (SSSR count). The van der Waals surface area contributed by atoms with Gasteiger partial charge >= 0.3 is 0 Å². The number of fused-ring (bicyclic) bond motifs is 2. The Labute approximate surface area is 242 Å². The number of rotatable bonds is 5. The van der Waals surface area contributed by atoms with Crippen molar-refractivity contribution in [1.29, 1.82) is 0 Å². The first-order valence-electron chi connectivity index (χ1n) is 12.8. The van der Waals surface area contributed by atoms with E-state index in [0.717, 1.165) is 27.9 Å². The molecule has 39 heavy (non-hydrogen) atoms. The first kappa shape index (κ1) is 29.3. The van der Waals surface area contributed by atoms with Crippen LogP contribution in [0.5, 0.6) is 0 Å². The maximum absolute atomic E-state index is 13.3. The predicted octanol–water partition coefficient (Wildman–Crippen LogP) is 3.91. The lowest BCUT2D eigenvalue weighted by Gasteiger charge is -2.37. The Bertz CT molecular complexity index is 1400. The number of amides is 3. The van der Waals surface area contributed by atoms with Crippen molar-refractivity contribution in [1.82, 2.24) is 30.8 Å². The number of thiazole rings is 1. The SMILES string of the molecule is CN(C)C(=O)[C@H]1CC[C@H](NC(=O)c2cc3cc(Cl)ccc3[nH]2)[C@H](NC(=O)c2nc3c(s2)CC(C)(C)NC3)C1.Cl. The summed E-state index contributed by atoms with van der Waals surface area (Å²) in [5.74, 6) is -0.741. The summed E-state index contributed by atoms with van der Waals surface area (Å²) in [7, 11) is 3.48. The van der Waals surface area contributed by atoms with Crippen LogP contribution in [-0.2, 0) is 17.8 Å². The molecule has 0 spiro atoms. The van der Waals surface area contributed by atoms with E-state index in [0.29, 0.717) is 41.5 Å². The molecule has 1 aromatic carbocycles. The summed E-state index contributed by atoms with van der Waals surface area (Å²) in [6.45, 7) is 4.89. The van der Waals surface area contributed by atoms with Gasteiger partial charge in [-0.1, -0.05) is 11.6 Å². The second kappa shape index (κ2) is 11.4. The topological polar surface area (TPSA) is 119 Å². The van der Waals surface area contributed by atoms with Gasteiger partial charge in [0.05, 0.1) is 11.7 Å². The van der Waals surface area contributed by atoms with Crippen LogP contribution in [-0.4, -0.2) is 64.3 Å². The Kier molecular flexibility index (Phi) is 8.61. The Morgan fingerprint density at radius 1 is 1.10 bits per heavy atom. The van der Waals surface area contributed by atoms with Gasteiger partial charge in [0.15, 0.2) is 5.01 Å². The van der Waals surface area contributed by atoms with Crippen LogP contribution < -0.4 is 16.0 Å². The number of aromatic nitrogens is 2. The molecular formula is C27H34Cl2N6O3S. The largest absolute Gasteiger partial charge is 0.351 e. The first-order valence-corrected chi connectivity index (χ1v) is 14.0. The average Bonchev–Trinajstić information content (AvgIpc) is 3.47. The van der Waals surface area contributed by atoms with Crippen molar-refractivity contribution in [2.75, 3.05) is 14.1 Å². The average molecular weight is 594 g/mol. The van der Waals surface area contributed by atoms with Gasteiger partial charge in [-0.05, 0) is 57.4 Å². The highest BCUT2D eigenvalue weighted by atomic mass is 35.5. The van der Waals surface area contributed by atoms with E-state index in [1.54, 1.807) is 37.2 Å². The highest BCUT2D eigenvalue weighted by Gasteiger charge is 2.37. The molecule has 9 nitrogen and oxygen atoms in total. The van der Waals surface area contributed by atoms with Gasteiger partial charge in [-0.2, -0.15) is 0 Å². The molecule has 1 aliphatic heterocycles. The highest BCUT2D eigenvalue weighted by Crippen LogP contribution is 2.30. The Morgan fingerprint density at radius 2 is 1.85 bits per heavy atom. The number of nitrogens with one attached hydrogen (secondary N) is 4. The van der Waals surface area contributed by atoms with E-state index < -0.39 is 6.04 Å². The van der Waals surface area contributed by atoms with Crippen molar-refractivity contribution in [3.05, 3.63) is 50.6 Å². The van der Waals surface area contributed by atoms with Crippen LogP contribution >= 0.6 is 35.3 Å². The van der Waals surface area contributed by atoms with Crippen molar-refractivity contribution < 1.29 is 14.4 Å². The summed E-state index contributed by atoms with van der Waals surface area (Å²) in [4.78, 5) is 49.7. The molecule has 1 saturated carbocycles. The van der Waals surface area contributed by atoms with Crippen LogP contribution in [0.25, 0.3) is 10.9 Å². The van der Waals surface area contributed by atoms with Crippen molar-refractivity contribution in [3.63, 3.8) is 0 Å². The molecule has 0 bridgehead atoms. The predicted molar refractivity (Wildman–Crippen MR) is 156 cm³/mol. The highest BCUT2D eigenvalue weighted by molar-refractivity contribution is 7.13. The quantitative estimate of drug-likeness (QED) is 0.358. The summed E-state index contributed by atoms with van der Waals surface area (Å²) in [5.41, 5.74) is 2.10. The lowest BCUT2D eigenvalue weighted by atomic mass is 9.81. The van der Waals surface area contributed by atoms with Gasteiger partial charge in [-0.25, -0.2) is 4.98 Å². The maximum Gasteiger partial charge on any atom is 0.280 e. The molecule has 2 aliphatic rings. The molecule has 3 amide bonds. The maximum atomic E-state index is 13.3. The van der Waals surface area contributed by atoms with Crippen molar-refractivity contribution in [2.45, 2.75) is 63.7 Å². The molecule has 1 aliphatic carbocycles. The van der Waals surface area contributed by atoms with E-state index in [1.165, 1.54) is 11.3 Å². The third kappa shape index (κ3) is 6.40. The molecule has 2 aromatic heterocycles. The molecule has 210 valence electrons. The van der Waals surface area contributed by atoms with E-state index in [9.17, 15) is 14.4 Å². The molecule has 12 heteroatoms.